The number of carbonyl (C=O) groups excluding carboxylic acids is 1. The zero-order valence-corrected chi connectivity index (χ0v) is 19.8. The van der Waals surface area contributed by atoms with Crippen molar-refractivity contribution >= 4 is 49.8 Å². The SMILES string of the molecule is CCCSc1nnc(NC(=O)CN(c2ccccc2CC)S(=O)(=O)c2ccccc2)s1. The quantitative estimate of drug-likeness (QED) is 0.344. The topological polar surface area (TPSA) is 92.3 Å². The molecular formula is C21H24N4O3S3. The second kappa shape index (κ2) is 10.7. The molecule has 31 heavy (non-hydrogen) atoms. The molecule has 2 aromatic carbocycles. The number of anilines is 2. The maximum absolute atomic E-state index is 13.4. The molecule has 0 saturated heterocycles. The number of thioether (sulfide) groups is 1. The van der Waals surface area contributed by atoms with Gasteiger partial charge in [0.25, 0.3) is 10.0 Å². The molecule has 10 heteroatoms. The van der Waals surface area contributed by atoms with Crippen molar-refractivity contribution in [2.45, 2.75) is 35.9 Å². The molecule has 0 bridgehead atoms. The molecule has 3 aromatic rings. The number of para-hydroxylation sites is 1. The molecule has 1 amide bonds. The third-order valence-corrected chi connectivity index (χ3v) is 8.29. The first-order chi connectivity index (χ1) is 15.0. The number of hydrogen-bond donors (Lipinski definition) is 1. The number of aryl methyl sites for hydroxylation is 1. The highest BCUT2D eigenvalue weighted by molar-refractivity contribution is 8.01. The van der Waals surface area contributed by atoms with Gasteiger partial charge in [0.2, 0.25) is 11.0 Å². The second-order valence-electron chi connectivity index (χ2n) is 6.58. The molecule has 1 heterocycles. The van der Waals surface area contributed by atoms with E-state index in [1.54, 1.807) is 42.1 Å². The van der Waals surface area contributed by atoms with Crippen LogP contribution in [0.15, 0.2) is 63.8 Å². The van der Waals surface area contributed by atoms with Crippen molar-refractivity contribution in [3.8, 4) is 0 Å². The van der Waals surface area contributed by atoms with E-state index in [1.807, 2.05) is 19.1 Å². The van der Waals surface area contributed by atoms with Gasteiger partial charge in [-0.05, 0) is 36.6 Å². The lowest BCUT2D eigenvalue weighted by molar-refractivity contribution is -0.114. The van der Waals surface area contributed by atoms with Crippen molar-refractivity contribution in [2.24, 2.45) is 0 Å². The molecule has 0 saturated carbocycles. The normalized spacial score (nSPS) is 11.3. The fraction of sp³-hybridized carbons (Fsp3) is 0.286. The largest absolute Gasteiger partial charge is 0.299 e. The van der Waals surface area contributed by atoms with E-state index < -0.39 is 15.9 Å². The Morgan fingerprint density at radius 3 is 2.48 bits per heavy atom. The molecule has 0 unspecified atom stereocenters. The smallest absolute Gasteiger partial charge is 0.264 e. The van der Waals surface area contributed by atoms with Gasteiger partial charge in [0, 0.05) is 5.75 Å². The molecule has 0 atom stereocenters. The first-order valence-electron chi connectivity index (χ1n) is 9.87. The highest BCUT2D eigenvalue weighted by Gasteiger charge is 2.28. The van der Waals surface area contributed by atoms with E-state index in [1.165, 1.54) is 23.5 Å². The molecule has 0 aliphatic heterocycles. The van der Waals surface area contributed by atoms with Crippen LogP contribution in [0.2, 0.25) is 0 Å². The highest BCUT2D eigenvalue weighted by Crippen LogP contribution is 2.29. The number of nitrogens with zero attached hydrogens (tertiary/aromatic N) is 3. The monoisotopic (exact) mass is 476 g/mol. The van der Waals surface area contributed by atoms with E-state index >= 15 is 0 Å². The number of aromatic nitrogens is 2. The van der Waals surface area contributed by atoms with Gasteiger partial charge in [-0.25, -0.2) is 8.42 Å². The van der Waals surface area contributed by atoms with Crippen molar-refractivity contribution in [1.82, 2.24) is 10.2 Å². The average Bonchev–Trinajstić information content (AvgIpc) is 3.23. The van der Waals surface area contributed by atoms with Crippen LogP contribution in [-0.4, -0.2) is 36.8 Å². The fourth-order valence-electron chi connectivity index (χ4n) is 2.87. The van der Waals surface area contributed by atoms with E-state index in [0.29, 0.717) is 17.2 Å². The van der Waals surface area contributed by atoms with Gasteiger partial charge >= 0.3 is 0 Å². The Hall–Kier alpha value is -2.43. The van der Waals surface area contributed by atoms with Crippen LogP contribution in [0.3, 0.4) is 0 Å². The Kier molecular flexibility index (Phi) is 8.05. The molecule has 0 fully saturated rings. The zero-order chi connectivity index (χ0) is 22.3. The van der Waals surface area contributed by atoms with E-state index in [-0.39, 0.29) is 11.4 Å². The number of amides is 1. The summed E-state index contributed by atoms with van der Waals surface area (Å²) in [6.45, 7) is 3.65. The molecule has 3 rings (SSSR count). The molecular weight excluding hydrogens is 452 g/mol. The summed E-state index contributed by atoms with van der Waals surface area (Å²) < 4.78 is 28.8. The summed E-state index contributed by atoms with van der Waals surface area (Å²) in [4.78, 5) is 12.9. The van der Waals surface area contributed by atoms with Gasteiger partial charge in [-0.15, -0.1) is 10.2 Å². The van der Waals surface area contributed by atoms with Gasteiger partial charge in [-0.2, -0.15) is 0 Å². The van der Waals surface area contributed by atoms with Gasteiger partial charge in [-0.1, -0.05) is 73.3 Å². The molecule has 164 valence electrons. The van der Waals surface area contributed by atoms with Crippen molar-refractivity contribution in [3.05, 3.63) is 60.2 Å². The minimum absolute atomic E-state index is 0.128. The van der Waals surface area contributed by atoms with Crippen LogP contribution in [0.1, 0.15) is 25.8 Å². The van der Waals surface area contributed by atoms with Crippen molar-refractivity contribution in [1.29, 1.82) is 0 Å². The van der Waals surface area contributed by atoms with Crippen molar-refractivity contribution < 1.29 is 13.2 Å². The van der Waals surface area contributed by atoms with Gasteiger partial charge in [0.05, 0.1) is 10.6 Å². The van der Waals surface area contributed by atoms with Crippen LogP contribution in [-0.2, 0) is 21.2 Å². The van der Waals surface area contributed by atoms with Crippen LogP contribution in [0.4, 0.5) is 10.8 Å². The molecule has 0 radical (unpaired) electrons. The summed E-state index contributed by atoms with van der Waals surface area (Å²) in [5, 5.41) is 11.1. The molecule has 1 N–H and O–H groups in total. The number of carbonyl (C=O) groups is 1. The van der Waals surface area contributed by atoms with Crippen molar-refractivity contribution in [2.75, 3.05) is 21.9 Å². The molecule has 0 aliphatic rings. The van der Waals surface area contributed by atoms with Gasteiger partial charge in [0.1, 0.15) is 6.54 Å². The van der Waals surface area contributed by atoms with Crippen LogP contribution in [0, 0.1) is 0 Å². The summed E-state index contributed by atoms with van der Waals surface area (Å²) in [5.74, 6) is 0.438. The lowest BCUT2D eigenvalue weighted by Gasteiger charge is -2.26. The van der Waals surface area contributed by atoms with E-state index in [9.17, 15) is 13.2 Å². The second-order valence-corrected chi connectivity index (χ2v) is 10.8. The Morgan fingerprint density at radius 2 is 1.77 bits per heavy atom. The van der Waals surface area contributed by atoms with E-state index in [2.05, 4.69) is 22.4 Å². The van der Waals surface area contributed by atoms with Gasteiger partial charge < -0.3 is 0 Å². The number of rotatable bonds is 10. The minimum atomic E-state index is -3.95. The van der Waals surface area contributed by atoms with Gasteiger partial charge in [0.15, 0.2) is 4.34 Å². The maximum Gasteiger partial charge on any atom is 0.264 e. The molecule has 7 nitrogen and oxygen atoms in total. The van der Waals surface area contributed by atoms with Crippen LogP contribution in [0.5, 0.6) is 0 Å². The molecule has 0 aliphatic carbocycles. The number of nitrogens with one attached hydrogen (secondary N) is 1. The average molecular weight is 477 g/mol. The summed E-state index contributed by atoms with van der Waals surface area (Å²) in [6, 6.07) is 15.3. The summed E-state index contributed by atoms with van der Waals surface area (Å²) in [5.41, 5.74) is 1.32. The van der Waals surface area contributed by atoms with Gasteiger partial charge in [-0.3, -0.25) is 14.4 Å². The highest BCUT2D eigenvalue weighted by atomic mass is 32.2. The summed E-state index contributed by atoms with van der Waals surface area (Å²) in [7, 11) is -3.95. The predicted molar refractivity (Wildman–Crippen MR) is 126 cm³/mol. The van der Waals surface area contributed by atoms with Crippen LogP contribution >= 0.6 is 23.1 Å². The Balaban J connectivity index is 1.88. The molecule has 0 spiro atoms. The first kappa shape index (κ1) is 23.2. The predicted octanol–water partition coefficient (Wildman–Crippen LogP) is 4.44. The number of hydrogen-bond acceptors (Lipinski definition) is 7. The third-order valence-electron chi connectivity index (χ3n) is 4.34. The zero-order valence-electron chi connectivity index (χ0n) is 17.3. The lowest BCUT2D eigenvalue weighted by Crippen LogP contribution is -2.38. The Morgan fingerprint density at radius 1 is 1.06 bits per heavy atom. The number of benzene rings is 2. The van der Waals surface area contributed by atoms with Crippen LogP contribution in [0.25, 0.3) is 0 Å². The summed E-state index contributed by atoms with van der Waals surface area (Å²) in [6.07, 6.45) is 1.64. The van der Waals surface area contributed by atoms with Crippen molar-refractivity contribution in [3.63, 3.8) is 0 Å². The van der Waals surface area contributed by atoms with Crippen LogP contribution < -0.4 is 9.62 Å². The Bertz CT molecular complexity index is 1120. The lowest BCUT2D eigenvalue weighted by atomic mass is 10.1. The maximum atomic E-state index is 13.4. The standard InChI is InChI=1S/C21H24N4O3S3/c1-3-14-29-21-24-23-20(30-21)22-19(26)15-25(18-13-9-8-10-16(18)4-2)31(27,28)17-11-6-5-7-12-17/h5-13H,3-4,14-15H2,1-2H3,(H,22,23,26). The van der Waals surface area contributed by atoms with E-state index in [0.717, 1.165) is 26.4 Å². The molecule has 1 aromatic heterocycles. The number of sulfonamides is 1. The first-order valence-corrected chi connectivity index (χ1v) is 13.1. The third kappa shape index (κ3) is 5.84. The minimum Gasteiger partial charge on any atom is -0.299 e. The fourth-order valence-corrected chi connectivity index (χ4v) is 6.04. The summed E-state index contributed by atoms with van der Waals surface area (Å²) >= 11 is 2.85. The Labute approximate surface area is 191 Å². The van der Waals surface area contributed by atoms with E-state index in [4.69, 9.17) is 0 Å².